The number of hydrogen-bond donors (Lipinski definition) is 1. The largest absolute Gasteiger partial charge is 0.336 e. The molecule has 1 fully saturated rings. The van der Waals surface area contributed by atoms with Crippen molar-refractivity contribution in [1.29, 1.82) is 0 Å². The van der Waals surface area contributed by atoms with E-state index in [1.165, 1.54) is 0 Å². The van der Waals surface area contributed by atoms with Gasteiger partial charge in [0, 0.05) is 25.3 Å². The molecule has 1 N–H and O–H groups in total. The molecule has 0 aromatic carbocycles. The van der Waals surface area contributed by atoms with Crippen LogP contribution in [-0.4, -0.2) is 48.0 Å². The summed E-state index contributed by atoms with van der Waals surface area (Å²) in [6.07, 6.45) is 5.76. The number of piperidine rings is 1. The van der Waals surface area contributed by atoms with E-state index in [0.717, 1.165) is 38.9 Å². The van der Waals surface area contributed by atoms with E-state index in [-0.39, 0.29) is 23.5 Å². The molecule has 2 heterocycles. The van der Waals surface area contributed by atoms with Crippen LogP contribution >= 0.6 is 12.4 Å². The topological polar surface area (TPSA) is 67.2 Å². The van der Waals surface area contributed by atoms with E-state index < -0.39 is 10.0 Å². The molecule has 6 nitrogen and oxygen atoms in total. The number of sulfonamides is 1. The van der Waals surface area contributed by atoms with Crippen LogP contribution in [-0.2, 0) is 16.6 Å². The Morgan fingerprint density at radius 2 is 2.05 bits per heavy atom. The van der Waals surface area contributed by atoms with E-state index in [9.17, 15) is 8.42 Å². The highest BCUT2D eigenvalue weighted by Gasteiger charge is 2.33. The Hall–Kier alpha value is -0.630. The smallest absolute Gasteiger partial charge is 0.262 e. The second kappa shape index (κ2) is 8.12. The Kier molecular flexibility index (Phi) is 7.12. The summed E-state index contributed by atoms with van der Waals surface area (Å²) in [6.45, 7) is 7.02. The molecule has 0 radical (unpaired) electrons. The van der Waals surface area contributed by atoms with E-state index in [2.05, 4.69) is 10.3 Å². The number of nitrogens with one attached hydrogen (secondary N) is 1. The minimum absolute atomic E-state index is 0. The zero-order valence-corrected chi connectivity index (χ0v) is 14.3. The monoisotopic (exact) mass is 336 g/mol. The first-order valence-electron chi connectivity index (χ1n) is 7.34. The van der Waals surface area contributed by atoms with E-state index in [0.29, 0.717) is 6.54 Å². The lowest BCUT2D eigenvalue weighted by molar-refractivity contribution is 0.261. The van der Waals surface area contributed by atoms with Crippen LogP contribution in [0.3, 0.4) is 0 Å². The lowest BCUT2D eigenvalue weighted by atomic mass is 10.1. The molecule has 0 saturated carbocycles. The van der Waals surface area contributed by atoms with Crippen LogP contribution in [0.1, 0.15) is 33.1 Å². The maximum Gasteiger partial charge on any atom is 0.262 e. The number of rotatable bonds is 6. The molecule has 0 amide bonds. The summed E-state index contributed by atoms with van der Waals surface area (Å²) in [5.74, 6) is 0. The van der Waals surface area contributed by atoms with Gasteiger partial charge in [-0.25, -0.2) is 13.4 Å². The van der Waals surface area contributed by atoms with Gasteiger partial charge in [-0.2, -0.15) is 4.31 Å². The maximum absolute atomic E-state index is 12.8. The average Bonchev–Trinajstić information content (AvgIpc) is 2.95. The Morgan fingerprint density at radius 1 is 1.38 bits per heavy atom. The maximum atomic E-state index is 12.8. The molecule has 21 heavy (non-hydrogen) atoms. The molecule has 1 aromatic rings. The Bertz CT molecular complexity index is 526. The van der Waals surface area contributed by atoms with Gasteiger partial charge in [-0.15, -0.1) is 12.4 Å². The summed E-state index contributed by atoms with van der Waals surface area (Å²) in [5, 5.41) is 3.45. The van der Waals surface area contributed by atoms with E-state index in [4.69, 9.17) is 0 Å². The number of hydrogen-bond acceptors (Lipinski definition) is 4. The van der Waals surface area contributed by atoms with Crippen molar-refractivity contribution in [3.05, 3.63) is 12.5 Å². The predicted octanol–water partition coefficient (Wildman–Crippen LogP) is 1.48. The quantitative estimate of drug-likeness (QED) is 0.854. The summed E-state index contributed by atoms with van der Waals surface area (Å²) in [6, 6.07) is 0.0907. The second-order valence-electron chi connectivity index (χ2n) is 5.14. The van der Waals surface area contributed by atoms with Gasteiger partial charge >= 0.3 is 0 Å². The molecule has 0 spiro atoms. The molecule has 0 atom stereocenters. The number of aryl methyl sites for hydroxylation is 1. The third-order valence-corrected chi connectivity index (χ3v) is 5.55. The zero-order chi connectivity index (χ0) is 14.6. The van der Waals surface area contributed by atoms with Crippen LogP contribution in [0.4, 0.5) is 0 Å². The third kappa shape index (κ3) is 4.18. The Balaban J connectivity index is 0.00000220. The number of nitrogens with zero attached hydrogens (tertiary/aromatic N) is 3. The molecule has 0 unspecified atom stereocenters. The molecule has 1 aromatic heterocycles. The summed E-state index contributed by atoms with van der Waals surface area (Å²) in [5.41, 5.74) is 0. The molecular formula is C13H25ClN4O2S. The fraction of sp³-hybridized carbons (Fsp3) is 0.769. The molecule has 1 saturated heterocycles. The number of imidazole rings is 1. The zero-order valence-electron chi connectivity index (χ0n) is 12.7. The molecule has 0 bridgehead atoms. The molecule has 1 aliphatic rings. The summed E-state index contributed by atoms with van der Waals surface area (Å²) >= 11 is 0. The van der Waals surface area contributed by atoms with Gasteiger partial charge in [0.05, 0.1) is 6.33 Å². The van der Waals surface area contributed by atoms with Crippen molar-refractivity contribution >= 4 is 22.4 Å². The van der Waals surface area contributed by atoms with E-state index in [1.54, 1.807) is 21.4 Å². The standard InChI is InChI=1S/C13H24N4O2S.ClH/c1-3-9-17(12-5-7-14-8-6-12)20(18,19)13-10-16(4-2)11-15-13;/h10-12,14H,3-9H2,1-2H3;1H. The fourth-order valence-electron chi connectivity index (χ4n) is 2.58. The van der Waals surface area contributed by atoms with Crippen LogP contribution in [0.15, 0.2) is 17.6 Å². The first-order valence-corrected chi connectivity index (χ1v) is 8.78. The SMILES string of the molecule is CCCN(C1CCNCC1)S(=O)(=O)c1cn(CC)cn1.Cl. The van der Waals surface area contributed by atoms with Gasteiger partial charge in [0.1, 0.15) is 0 Å². The Labute approximate surface area is 133 Å². The minimum Gasteiger partial charge on any atom is -0.336 e. The highest BCUT2D eigenvalue weighted by atomic mass is 35.5. The Morgan fingerprint density at radius 3 is 2.57 bits per heavy atom. The average molecular weight is 337 g/mol. The van der Waals surface area contributed by atoms with E-state index in [1.807, 2.05) is 13.8 Å². The summed E-state index contributed by atoms with van der Waals surface area (Å²) in [4.78, 5) is 4.07. The van der Waals surface area contributed by atoms with E-state index >= 15 is 0 Å². The van der Waals surface area contributed by atoms with Crippen molar-refractivity contribution in [3.63, 3.8) is 0 Å². The summed E-state index contributed by atoms with van der Waals surface area (Å²) < 4.78 is 29.0. The first kappa shape index (κ1) is 18.4. The second-order valence-corrected chi connectivity index (χ2v) is 6.98. The van der Waals surface area contributed by atoms with Gasteiger partial charge in [-0.3, -0.25) is 0 Å². The van der Waals surface area contributed by atoms with Crippen molar-refractivity contribution in [2.45, 2.75) is 50.7 Å². The highest BCUT2D eigenvalue weighted by Crippen LogP contribution is 2.21. The van der Waals surface area contributed by atoms with Crippen molar-refractivity contribution in [2.24, 2.45) is 0 Å². The van der Waals surface area contributed by atoms with Crippen molar-refractivity contribution in [3.8, 4) is 0 Å². The molecule has 1 aliphatic heterocycles. The van der Waals surface area contributed by atoms with Crippen LogP contribution in [0, 0.1) is 0 Å². The minimum atomic E-state index is -3.48. The van der Waals surface area contributed by atoms with Gasteiger partial charge in [0.15, 0.2) is 5.03 Å². The molecule has 2 rings (SSSR count). The van der Waals surface area contributed by atoms with Gasteiger partial charge < -0.3 is 9.88 Å². The van der Waals surface area contributed by atoms with Gasteiger partial charge in [-0.05, 0) is 39.3 Å². The van der Waals surface area contributed by atoms with Crippen LogP contribution in [0.2, 0.25) is 0 Å². The van der Waals surface area contributed by atoms with Crippen molar-refractivity contribution in [2.75, 3.05) is 19.6 Å². The lowest BCUT2D eigenvalue weighted by Gasteiger charge is -2.32. The lowest BCUT2D eigenvalue weighted by Crippen LogP contribution is -2.46. The van der Waals surface area contributed by atoms with Gasteiger partial charge in [-0.1, -0.05) is 6.92 Å². The van der Waals surface area contributed by atoms with Crippen LogP contribution in [0.5, 0.6) is 0 Å². The summed E-state index contributed by atoms with van der Waals surface area (Å²) in [7, 11) is -3.48. The van der Waals surface area contributed by atoms with Crippen LogP contribution in [0.25, 0.3) is 0 Å². The predicted molar refractivity (Wildman–Crippen MR) is 85.2 cm³/mol. The molecular weight excluding hydrogens is 312 g/mol. The first-order chi connectivity index (χ1) is 9.59. The van der Waals surface area contributed by atoms with Crippen molar-refractivity contribution < 1.29 is 8.42 Å². The highest BCUT2D eigenvalue weighted by molar-refractivity contribution is 7.89. The van der Waals surface area contributed by atoms with Crippen molar-refractivity contribution in [1.82, 2.24) is 19.2 Å². The molecule has 0 aliphatic carbocycles. The van der Waals surface area contributed by atoms with Crippen LogP contribution < -0.4 is 5.32 Å². The third-order valence-electron chi connectivity index (χ3n) is 3.71. The molecule has 122 valence electrons. The van der Waals surface area contributed by atoms with Gasteiger partial charge in [0.2, 0.25) is 0 Å². The van der Waals surface area contributed by atoms with Gasteiger partial charge in [0.25, 0.3) is 10.0 Å². The normalized spacial score (nSPS) is 16.9. The molecule has 8 heteroatoms. The number of halogens is 1. The fourth-order valence-corrected chi connectivity index (χ4v) is 4.30. The number of aromatic nitrogens is 2.